The molecule has 57 heavy (non-hydrogen) atoms. The highest BCUT2D eigenvalue weighted by atomic mass is 15.2. The Bertz CT molecular complexity index is 3030. The summed E-state index contributed by atoms with van der Waals surface area (Å²) in [5.74, 6) is 0. The first-order valence-corrected chi connectivity index (χ1v) is 20.7. The zero-order valence-electron chi connectivity index (χ0n) is 34.4. The van der Waals surface area contributed by atoms with Gasteiger partial charge in [-0.1, -0.05) is 159 Å². The molecule has 0 atom stereocenters. The molecule has 278 valence electrons. The van der Waals surface area contributed by atoms with E-state index in [4.69, 9.17) is 0 Å². The Balaban J connectivity index is 0.00000195. The van der Waals surface area contributed by atoms with Crippen molar-refractivity contribution in [2.75, 3.05) is 4.90 Å². The van der Waals surface area contributed by atoms with E-state index in [9.17, 15) is 0 Å². The molecule has 0 saturated heterocycles. The van der Waals surface area contributed by atoms with E-state index in [1.807, 2.05) is 13.8 Å². The van der Waals surface area contributed by atoms with Gasteiger partial charge in [0, 0.05) is 44.4 Å². The number of nitrogens with zero attached hydrogens (tertiary/aromatic N) is 2. The first kappa shape index (κ1) is 35.4. The predicted octanol–water partition coefficient (Wildman–Crippen LogP) is 13.8. The Morgan fingerprint density at radius 2 is 1.05 bits per heavy atom. The maximum Gasteiger partial charge on any atom is 0.333 e. The first-order valence-electron chi connectivity index (χ1n) is 20.7. The van der Waals surface area contributed by atoms with Crippen molar-refractivity contribution in [2.24, 2.45) is 0 Å². The van der Waals surface area contributed by atoms with Crippen molar-refractivity contribution in [3.05, 3.63) is 163 Å². The molecule has 2 nitrogen and oxygen atoms in total. The molecule has 2 aliphatic rings. The number of anilines is 3. The van der Waals surface area contributed by atoms with Gasteiger partial charge in [-0.15, -0.1) is 0 Å². The van der Waals surface area contributed by atoms with Crippen LogP contribution < -0.4 is 15.8 Å². The maximum atomic E-state index is 2.66. The SMILES string of the molecule is CC.CC(C)(C)c1cc(-c2cc3c4c(c2)N(c2ccccc2)c2cc5cc6ccccc6cc5cc2B4n2c4ccccc4c4cccc-3c42)cc(C(C)(C)C)c1. The van der Waals surface area contributed by atoms with Crippen molar-refractivity contribution in [1.82, 2.24) is 4.48 Å². The summed E-state index contributed by atoms with van der Waals surface area (Å²) in [6, 6.07) is 57.8. The van der Waals surface area contributed by atoms with Crippen LogP contribution in [0.4, 0.5) is 17.1 Å². The molecule has 0 unspecified atom stereocenters. The van der Waals surface area contributed by atoms with Gasteiger partial charge in [-0.05, 0) is 120 Å². The molecule has 11 rings (SSSR count). The fourth-order valence-corrected chi connectivity index (χ4v) is 9.52. The van der Waals surface area contributed by atoms with E-state index < -0.39 is 0 Å². The molecule has 1 aromatic heterocycles. The van der Waals surface area contributed by atoms with Gasteiger partial charge >= 0.3 is 6.85 Å². The average molecular weight is 737 g/mol. The first-order chi connectivity index (χ1) is 27.5. The van der Waals surface area contributed by atoms with E-state index in [2.05, 4.69) is 203 Å². The average Bonchev–Trinajstić information content (AvgIpc) is 3.55. The van der Waals surface area contributed by atoms with Crippen molar-refractivity contribution in [1.29, 1.82) is 0 Å². The number of benzene rings is 8. The van der Waals surface area contributed by atoms with Crippen molar-refractivity contribution >= 4 is 78.2 Å². The standard InChI is InChI=1S/C52H43BN2.C2H6/c1-51(2,3)38-25-36(26-39(31-38)52(4,5)6)37-27-44-43-21-14-20-42-41-19-12-13-22-46(41)55(50(42)43)53-45-28-34-23-32-15-10-11-16-33(32)24-35(34)29-47(45)54(48(30-37)49(44)53)40-17-8-7-9-18-40;1-2/h7-31H,1-6H3;1-2H3. The number of hydrogen-bond acceptors (Lipinski definition) is 1. The summed E-state index contributed by atoms with van der Waals surface area (Å²) in [6.07, 6.45) is 0. The quantitative estimate of drug-likeness (QED) is 0.127. The van der Waals surface area contributed by atoms with Gasteiger partial charge in [0.2, 0.25) is 0 Å². The fourth-order valence-electron chi connectivity index (χ4n) is 9.52. The van der Waals surface area contributed by atoms with E-state index in [1.54, 1.807) is 0 Å². The molecular formula is C54H49BN2. The minimum absolute atomic E-state index is 0.00627. The summed E-state index contributed by atoms with van der Waals surface area (Å²) in [6.45, 7) is 18.0. The van der Waals surface area contributed by atoms with E-state index >= 15 is 0 Å². The molecule has 9 aromatic rings. The molecule has 8 aromatic carbocycles. The van der Waals surface area contributed by atoms with Gasteiger partial charge < -0.3 is 9.38 Å². The van der Waals surface area contributed by atoms with Crippen LogP contribution in [-0.2, 0) is 10.8 Å². The van der Waals surface area contributed by atoms with Gasteiger partial charge in [-0.2, -0.15) is 0 Å². The molecule has 3 heterocycles. The lowest BCUT2D eigenvalue weighted by atomic mass is 9.45. The lowest BCUT2D eigenvalue weighted by Gasteiger charge is -2.41. The Morgan fingerprint density at radius 1 is 0.456 bits per heavy atom. The molecule has 2 aliphatic heterocycles. The predicted molar refractivity (Wildman–Crippen MR) is 249 cm³/mol. The molecular weight excluding hydrogens is 687 g/mol. The third-order valence-corrected chi connectivity index (χ3v) is 12.4. The Kier molecular flexibility index (Phi) is 7.90. The maximum absolute atomic E-state index is 2.66. The monoisotopic (exact) mass is 736 g/mol. The van der Waals surface area contributed by atoms with Gasteiger partial charge in [0.25, 0.3) is 0 Å². The molecule has 0 saturated carbocycles. The van der Waals surface area contributed by atoms with Gasteiger partial charge in [0.1, 0.15) is 0 Å². The summed E-state index contributed by atoms with van der Waals surface area (Å²) in [5.41, 5.74) is 16.8. The molecule has 0 fully saturated rings. The van der Waals surface area contributed by atoms with Crippen LogP contribution in [0.1, 0.15) is 66.5 Å². The molecule has 3 heteroatoms. The van der Waals surface area contributed by atoms with Gasteiger partial charge in [-0.3, -0.25) is 0 Å². The Labute approximate surface area is 337 Å². The smallest absolute Gasteiger partial charge is 0.333 e. The van der Waals surface area contributed by atoms with Crippen LogP contribution in [0.25, 0.3) is 65.6 Å². The number of hydrogen-bond donors (Lipinski definition) is 0. The van der Waals surface area contributed by atoms with Gasteiger partial charge in [0.15, 0.2) is 0 Å². The molecule has 0 aliphatic carbocycles. The number of para-hydroxylation sites is 3. The van der Waals surface area contributed by atoms with Crippen LogP contribution >= 0.6 is 0 Å². The number of aromatic nitrogens is 1. The minimum Gasteiger partial charge on any atom is -0.375 e. The van der Waals surface area contributed by atoms with Crippen molar-refractivity contribution in [3.63, 3.8) is 0 Å². The lowest BCUT2D eigenvalue weighted by Crippen LogP contribution is -2.56. The van der Waals surface area contributed by atoms with E-state index in [0.717, 1.165) is 0 Å². The van der Waals surface area contributed by atoms with Crippen LogP contribution in [0.3, 0.4) is 0 Å². The van der Waals surface area contributed by atoms with E-state index in [1.165, 1.54) is 105 Å². The summed E-state index contributed by atoms with van der Waals surface area (Å²) in [7, 11) is 0. The lowest BCUT2D eigenvalue weighted by molar-refractivity contribution is 0.569. The summed E-state index contributed by atoms with van der Waals surface area (Å²) in [5, 5.41) is 7.68. The third-order valence-electron chi connectivity index (χ3n) is 12.4. The van der Waals surface area contributed by atoms with E-state index in [0.29, 0.717) is 0 Å². The zero-order valence-corrected chi connectivity index (χ0v) is 34.4. The Morgan fingerprint density at radius 3 is 1.74 bits per heavy atom. The third kappa shape index (κ3) is 5.39. The molecule has 0 spiro atoms. The van der Waals surface area contributed by atoms with Crippen LogP contribution in [-0.4, -0.2) is 11.3 Å². The largest absolute Gasteiger partial charge is 0.375 e. The second-order valence-corrected chi connectivity index (χ2v) is 17.9. The summed E-state index contributed by atoms with van der Waals surface area (Å²) >= 11 is 0. The zero-order chi connectivity index (χ0) is 39.4. The van der Waals surface area contributed by atoms with Crippen molar-refractivity contribution in [2.45, 2.75) is 66.2 Å². The van der Waals surface area contributed by atoms with Crippen LogP contribution in [0.2, 0.25) is 0 Å². The summed E-state index contributed by atoms with van der Waals surface area (Å²) < 4.78 is 2.66. The van der Waals surface area contributed by atoms with Crippen LogP contribution in [0.5, 0.6) is 0 Å². The number of rotatable bonds is 2. The second kappa shape index (κ2) is 12.7. The molecule has 0 amide bonds. The van der Waals surface area contributed by atoms with Gasteiger partial charge in [0.05, 0.1) is 0 Å². The minimum atomic E-state index is -0.00627. The molecule has 0 N–H and O–H groups in total. The van der Waals surface area contributed by atoms with E-state index in [-0.39, 0.29) is 17.7 Å². The van der Waals surface area contributed by atoms with Gasteiger partial charge in [-0.25, -0.2) is 0 Å². The van der Waals surface area contributed by atoms with Crippen LogP contribution in [0.15, 0.2) is 152 Å². The van der Waals surface area contributed by atoms with Crippen molar-refractivity contribution in [3.8, 4) is 22.3 Å². The summed E-state index contributed by atoms with van der Waals surface area (Å²) in [4.78, 5) is 2.55. The highest BCUT2D eigenvalue weighted by Crippen LogP contribution is 2.48. The fraction of sp³-hybridized carbons (Fsp3) is 0.185. The normalized spacial score (nSPS) is 13.2. The molecule has 0 radical (unpaired) electrons. The topological polar surface area (TPSA) is 8.17 Å². The highest BCUT2D eigenvalue weighted by molar-refractivity contribution is 6.90. The Hall–Kier alpha value is -6.06. The second-order valence-electron chi connectivity index (χ2n) is 17.9. The molecule has 0 bridgehead atoms. The number of fused-ring (bicyclic) bond motifs is 9. The van der Waals surface area contributed by atoms with Crippen LogP contribution in [0, 0.1) is 0 Å². The van der Waals surface area contributed by atoms with Crippen molar-refractivity contribution < 1.29 is 0 Å². The highest BCUT2D eigenvalue weighted by Gasteiger charge is 2.43.